The Morgan fingerprint density at radius 1 is 1.00 bits per heavy atom. The molecule has 0 saturated heterocycles. The van der Waals surface area contributed by atoms with Crippen LogP contribution in [-0.2, 0) is 0 Å². The van der Waals surface area contributed by atoms with E-state index in [4.69, 9.17) is 23.2 Å². The van der Waals surface area contributed by atoms with Gasteiger partial charge in [-0.25, -0.2) is 8.78 Å². The normalized spacial score (nSPS) is 12.5. The first-order valence-corrected chi connectivity index (χ1v) is 6.24. The Morgan fingerprint density at radius 3 is 2.26 bits per heavy atom. The highest BCUT2D eigenvalue weighted by atomic mass is 35.5. The first kappa shape index (κ1) is 14.3. The van der Waals surface area contributed by atoms with Crippen LogP contribution in [-0.4, -0.2) is 5.11 Å². The van der Waals surface area contributed by atoms with Gasteiger partial charge in [0.25, 0.3) is 0 Å². The van der Waals surface area contributed by atoms with E-state index >= 15 is 0 Å². The molecule has 1 unspecified atom stereocenters. The molecule has 19 heavy (non-hydrogen) atoms. The van der Waals surface area contributed by atoms with Crippen LogP contribution in [0.2, 0.25) is 10.0 Å². The predicted octanol–water partition coefficient (Wildman–Crippen LogP) is 4.66. The molecule has 2 aromatic rings. The minimum atomic E-state index is -1.17. The largest absolute Gasteiger partial charge is 0.384 e. The van der Waals surface area contributed by atoms with E-state index in [0.717, 1.165) is 17.7 Å². The summed E-state index contributed by atoms with van der Waals surface area (Å²) in [4.78, 5) is 0. The van der Waals surface area contributed by atoms with Crippen molar-refractivity contribution in [2.45, 2.75) is 13.0 Å². The van der Waals surface area contributed by atoms with Gasteiger partial charge in [-0.3, -0.25) is 0 Å². The maximum atomic E-state index is 13.2. The minimum Gasteiger partial charge on any atom is -0.384 e. The third kappa shape index (κ3) is 2.89. The van der Waals surface area contributed by atoms with Crippen molar-refractivity contribution in [3.63, 3.8) is 0 Å². The molecule has 2 rings (SSSR count). The van der Waals surface area contributed by atoms with Gasteiger partial charge in [-0.15, -0.1) is 0 Å². The predicted molar refractivity (Wildman–Crippen MR) is 71.6 cm³/mol. The number of rotatable bonds is 2. The van der Waals surface area contributed by atoms with Crippen molar-refractivity contribution < 1.29 is 13.9 Å². The van der Waals surface area contributed by atoms with Gasteiger partial charge in [0, 0.05) is 15.6 Å². The van der Waals surface area contributed by atoms with E-state index in [1.165, 1.54) is 0 Å². The lowest BCUT2D eigenvalue weighted by atomic mass is 10.0. The second-order valence-electron chi connectivity index (χ2n) is 4.20. The van der Waals surface area contributed by atoms with Gasteiger partial charge in [-0.1, -0.05) is 35.3 Å². The Labute approximate surface area is 119 Å². The lowest BCUT2D eigenvalue weighted by Crippen LogP contribution is -2.02. The molecule has 0 spiro atoms. The highest BCUT2D eigenvalue weighted by Crippen LogP contribution is 2.31. The SMILES string of the molecule is Cc1ccc(C(O)c2cc(F)c(F)cc2Cl)cc1Cl. The van der Waals surface area contributed by atoms with Gasteiger partial charge in [0.1, 0.15) is 6.10 Å². The maximum Gasteiger partial charge on any atom is 0.160 e. The molecule has 0 aliphatic carbocycles. The number of benzene rings is 2. The summed E-state index contributed by atoms with van der Waals surface area (Å²) in [6.45, 7) is 1.82. The molecular weight excluding hydrogens is 293 g/mol. The number of aliphatic hydroxyl groups excluding tert-OH is 1. The van der Waals surface area contributed by atoms with Crippen molar-refractivity contribution >= 4 is 23.2 Å². The highest BCUT2D eigenvalue weighted by molar-refractivity contribution is 6.31. The van der Waals surface area contributed by atoms with E-state index in [2.05, 4.69) is 0 Å². The molecule has 2 aromatic carbocycles. The van der Waals surface area contributed by atoms with Crippen molar-refractivity contribution in [1.82, 2.24) is 0 Å². The molecule has 1 nitrogen and oxygen atoms in total. The summed E-state index contributed by atoms with van der Waals surface area (Å²) in [5.41, 5.74) is 1.41. The van der Waals surface area contributed by atoms with Gasteiger partial charge in [0.2, 0.25) is 0 Å². The molecule has 1 N–H and O–H groups in total. The number of halogens is 4. The fourth-order valence-corrected chi connectivity index (χ4v) is 2.15. The van der Waals surface area contributed by atoms with Crippen LogP contribution in [0.15, 0.2) is 30.3 Å². The molecule has 100 valence electrons. The van der Waals surface area contributed by atoms with Crippen LogP contribution in [0, 0.1) is 18.6 Å². The summed E-state index contributed by atoms with van der Waals surface area (Å²) in [5, 5.41) is 10.6. The van der Waals surface area contributed by atoms with E-state index in [-0.39, 0.29) is 10.6 Å². The number of aryl methyl sites for hydroxylation is 1. The Kier molecular flexibility index (Phi) is 4.09. The van der Waals surface area contributed by atoms with Crippen LogP contribution in [0.5, 0.6) is 0 Å². The summed E-state index contributed by atoms with van der Waals surface area (Å²) in [7, 11) is 0. The van der Waals surface area contributed by atoms with Crippen molar-refractivity contribution in [2.24, 2.45) is 0 Å². The first-order valence-electron chi connectivity index (χ1n) is 5.48. The molecular formula is C14H10Cl2F2O. The lowest BCUT2D eigenvalue weighted by molar-refractivity contribution is 0.219. The summed E-state index contributed by atoms with van der Waals surface area (Å²) in [6.07, 6.45) is -1.17. The van der Waals surface area contributed by atoms with Crippen LogP contribution in [0.3, 0.4) is 0 Å². The van der Waals surface area contributed by atoms with Gasteiger partial charge in [-0.2, -0.15) is 0 Å². The van der Waals surface area contributed by atoms with Crippen LogP contribution in [0.1, 0.15) is 22.8 Å². The van der Waals surface area contributed by atoms with Crippen LogP contribution >= 0.6 is 23.2 Å². The van der Waals surface area contributed by atoms with Crippen molar-refractivity contribution in [3.8, 4) is 0 Å². The summed E-state index contributed by atoms with van der Waals surface area (Å²) >= 11 is 11.8. The van der Waals surface area contributed by atoms with Crippen LogP contribution in [0.25, 0.3) is 0 Å². The van der Waals surface area contributed by atoms with E-state index in [0.29, 0.717) is 10.6 Å². The minimum absolute atomic E-state index is 0.0388. The summed E-state index contributed by atoms with van der Waals surface area (Å²) < 4.78 is 26.2. The molecule has 0 fully saturated rings. The Morgan fingerprint density at radius 2 is 1.63 bits per heavy atom. The zero-order chi connectivity index (χ0) is 14.2. The number of hydrogen-bond acceptors (Lipinski definition) is 1. The average molecular weight is 303 g/mol. The fourth-order valence-electron chi connectivity index (χ4n) is 1.71. The quantitative estimate of drug-likeness (QED) is 0.800. The van der Waals surface area contributed by atoms with Gasteiger partial charge in [0.05, 0.1) is 0 Å². The molecule has 0 heterocycles. The standard InChI is InChI=1S/C14H10Cl2F2O/c1-7-2-3-8(4-10(7)15)14(19)9-5-12(17)13(18)6-11(9)16/h2-6,14,19H,1H3. The average Bonchev–Trinajstić information content (AvgIpc) is 2.36. The number of aliphatic hydroxyl groups is 1. The topological polar surface area (TPSA) is 20.2 Å². The first-order chi connectivity index (χ1) is 8.90. The molecule has 0 bridgehead atoms. The van der Waals surface area contributed by atoms with Crippen LogP contribution in [0.4, 0.5) is 8.78 Å². The highest BCUT2D eigenvalue weighted by Gasteiger charge is 2.18. The lowest BCUT2D eigenvalue weighted by Gasteiger charge is -2.14. The van der Waals surface area contributed by atoms with Crippen molar-refractivity contribution in [1.29, 1.82) is 0 Å². The van der Waals surface area contributed by atoms with Gasteiger partial charge in [-0.05, 0) is 36.2 Å². The molecule has 0 aromatic heterocycles. The maximum absolute atomic E-state index is 13.2. The molecule has 0 aliphatic heterocycles. The fraction of sp³-hybridized carbons (Fsp3) is 0.143. The second-order valence-corrected chi connectivity index (χ2v) is 5.01. The Hall–Kier alpha value is -1.16. The third-order valence-electron chi connectivity index (χ3n) is 2.85. The van der Waals surface area contributed by atoms with E-state index in [1.54, 1.807) is 18.2 Å². The molecule has 0 radical (unpaired) electrons. The van der Waals surface area contributed by atoms with E-state index in [9.17, 15) is 13.9 Å². The summed E-state index contributed by atoms with van der Waals surface area (Å²) in [6, 6.07) is 6.68. The third-order valence-corrected chi connectivity index (χ3v) is 3.58. The monoisotopic (exact) mass is 302 g/mol. The van der Waals surface area contributed by atoms with E-state index in [1.807, 2.05) is 6.92 Å². The smallest absolute Gasteiger partial charge is 0.160 e. The number of hydrogen-bond donors (Lipinski definition) is 1. The van der Waals surface area contributed by atoms with Gasteiger partial charge >= 0.3 is 0 Å². The molecule has 0 aliphatic rings. The zero-order valence-electron chi connectivity index (χ0n) is 9.92. The second kappa shape index (κ2) is 5.45. The molecule has 1 atom stereocenters. The Balaban J connectivity index is 2.46. The van der Waals surface area contributed by atoms with Crippen LogP contribution < -0.4 is 0 Å². The van der Waals surface area contributed by atoms with Gasteiger partial charge < -0.3 is 5.11 Å². The molecule has 5 heteroatoms. The Bertz CT molecular complexity index is 629. The summed E-state index contributed by atoms with van der Waals surface area (Å²) in [5.74, 6) is -2.11. The van der Waals surface area contributed by atoms with Crippen molar-refractivity contribution in [3.05, 3.63) is 68.7 Å². The van der Waals surface area contributed by atoms with E-state index < -0.39 is 17.7 Å². The molecule has 0 saturated carbocycles. The van der Waals surface area contributed by atoms with Crippen molar-refractivity contribution in [2.75, 3.05) is 0 Å². The van der Waals surface area contributed by atoms with Gasteiger partial charge in [0.15, 0.2) is 11.6 Å². The molecule has 0 amide bonds. The zero-order valence-corrected chi connectivity index (χ0v) is 11.4.